The number of aryl methyl sites for hydroxylation is 2. The van der Waals surface area contributed by atoms with Gasteiger partial charge in [0.05, 0.1) is 147 Å². The maximum atomic E-state index is 13.2. The van der Waals surface area contributed by atoms with E-state index in [1.54, 1.807) is 183 Å². The fourth-order valence-corrected chi connectivity index (χ4v) is 17.1. The quantitative estimate of drug-likeness (QED) is 0.0179. The van der Waals surface area contributed by atoms with Gasteiger partial charge in [0.25, 0.3) is 40.9 Å². The minimum absolute atomic E-state index is 0.0374. The van der Waals surface area contributed by atoms with Crippen LogP contribution in [0.25, 0.3) is 17.3 Å². The molecule has 8 aliphatic heterocycles. The maximum absolute atomic E-state index is 13.2. The van der Waals surface area contributed by atoms with Crippen molar-refractivity contribution in [2.24, 2.45) is 4.99 Å². The lowest BCUT2D eigenvalue weighted by Crippen LogP contribution is -2.42. The van der Waals surface area contributed by atoms with Crippen molar-refractivity contribution in [2.45, 2.75) is 64.7 Å². The molecule has 4 unspecified atom stereocenters. The second-order valence-corrected chi connectivity index (χ2v) is 32.2. The minimum atomic E-state index is -0.931. The van der Waals surface area contributed by atoms with Gasteiger partial charge in [-0.2, -0.15) is 0 Å². The number of morpholine rings is 3. The summed E-state index contributed by atoms with van der Waals surface area (Å²) >= 11 is 0. The summed E-state index contributed by atoms with van der Waals surface area (Å²) in [7, 11) is 9.28. The number of nitrogens with zero attached hydrogens (tertiary/aromatic N) is 8. The van der Waals surface area contributed by atoms with Crippen molar-refractivity contribution in [2.75, 3.05) is 167 Å². The van der Waals surface area contributed by atoms with Gasteiger partial charge in [-0.25, -0.2) is 9.79 Å². The molecule has 4 amide bonds. The van der Waals surface area contributed by atoms with Gasteiger partial charge in [0, 0.05) is 102 Å². The van der Waals surface area contributed by atoms with Gasteiger partial charge in [-0.3, -0.25) is 58.0 Å². The molecule has 4 N–H and O–H groups in total. The third kappa shape index (κ3) is 21.3. The van der Waals surface area contributed by atoms with E-state index in [-0.39, 0.29) is 64.2 Å². The van der Waals surface area contributed by atoms with Gasteiger partial charge in [-0.15, -0.1) is 0 Å². The number of rotatable bonds is 25. The van der Waals surface area contributed by atoms with Crippen LogP contribution in [-0.2, 0) is 62.1 Å². The molecule has 7 aromatic rings. The summed E-state index contributed by atoms with van der Waals surface area (Å²) in [5.74, 6) is -3.18. The van der Waals surface area contributed by atoms with E-state index in [1.807, 2.05) is 62.4 Å². The molecule has 31 heteroatoms. The number of carbonyl (C=O) groups excluding carboxylic acids is 9. The maximum Gasteiger partial charge on any atom is 0.336 e. The van der Waals surface area contributed by atoms with Crippen LogP contribution in [0.1, 0.15) is 101 Å². The summed E-state index contributed by atoms with van der Waals surface area (Å²) in [6.45, 7) is 19.0. The Morgan fingerprint density at radius 1 is 0.402 bits per heavy atom. The third-order valence-corrected chi connectivity index (χ3v) is 24.3. The van der Waals surface area contributed by atoms with Crippen LogP contribution >= 0.6 is 0 Å². The molecule has 0 bridgehead atoms. The van der Waals surface area contributed by atoms with Crippen LogP contribution in [-0.4, -0.2) is 281 Å². The first-order valence-electron chi connectivity index (χ1n) is 43.6. The number of ether oxygens (including phenoxy) is 10. The lowest BCUT2D eigenvalue weighted by Gasteiger charge is -2.31. The molecule has 4 atom stereocenters. The molecule has 9 aliphatic rings. The Labute approximate surface area is 765 Å². The summed E-state index contributed by atoms with van der Waals surface area (Å²) in [5.41, 5.74) is 7.78. The first-order chi connectivity index (χ1) is 63.8. The normalized spacial score (nSPS) is 21.0. The van der Waals surface area contributed by atoms with Crippen molar-refractivity contribution >= 4 is 75.8 Å². The first kappa shape index (κ1) is 95.8. The van der Waals surface area contributed by atoms with Crippen LogP contribution in [0.5, 0.6) is 34.5 Å². The number of benzene rings is 7. The number of esters is 1. The second-order valence-electron chi connectivity index (χ2n) is 32.2. The highest BCUT2D eigenvalue weighted by molar-refractivity contribution is 6.50. The lowest BCUT2D eigenvalue weighted by atomic mass is 9.94. The molecule has 7 aromatic carbocycles. The second kappa shape index (κ2) is 44.2. The molecule has 7 fully saturated rings. The van der Waals surface area contributed by atoms with Crippen molar-refractivity contribution in [1.29, 1.82) is 0 Å². The molecule has 0 saturated carbocycles. The van der Waals surface area contributed by atoms with Crippen molar-refractivity contribution in [1.82, 2.24) is 34.3 Å². The van der Waals surface area contributed by atoms with Gasteiger partial charge < -0.3 is 82.5 Å². The molecular weight excluding hydrogens is 1690 g/mol. The number of ketones is 4. The molecule has 7 saturated heterocycles. The van der Waals surface area contributed by atoms with Crippen LogP contribution in [0.4, 0.5) is 0 Å². The van der Waals surface area contributed by atoms with Crippen LogP contribution in [0.3, 0.4) is 0 Å². The van der Waals surface area contributed by atoms with E-state index in [0.29, 0.717) is 170 Å². The molecule has 16 rings (SSSR count). The fraction of sp³-hybridized carbons (Fsp3) is 0.347. The number of Topliss-reactive ketones (excluding diaryl/α,β-unsaturated/α-hetero) is 4. The van der Waals surface area contributed by atoms with E-state index in [4.69, 9.17) is 47.4 Å². The lowest BCUT2D eigenvalue weighted by molar-refractivity contribution is -0.140. The van der Waals surface area contributed by atoms with Gasteiger partial charge in [0.2, 0.25) is 0 Å². The van der Waals surface area contributed by atoms with Gasteiger partial charge in [0.1, 0.15) is 40.4 Å². The largest absolute Gasteiger partial charge is 0.507 e. The zero-order valence-corrected chi connectivity index (χ0v) is 75.6. The number of carbonyl (C=O) groups is 9. The van der Waals surface area contributed by atoms with Crippen LogP contribution in [0.2, 0.25) is 0 Å². The number of aliphatic hydroxyl groups excluding tert-OH is 4. The first-order valence-corrected chi connectivity index (χ1v) is 43.6. The Kier molecular flexibility index (Phi) is 32.1. The van der Waals surface area contributed by atoms with Crippen molar-refractivity contribution in [3.05, 3.63) is 277 Å². The van der Waals surface area contributed by atoms with Gasteiger partial charge in [0.15, 0.2) is 23.0 Å². The number of aliphatic hydroxyl groups is 4. The van der Waals surface area contributed by atoms with E-state index in [2.05, 4.69) is 19.7 Å². The summed E-state index contributed by atoms with van der Waals surface area (Å²) < 4.78 is 53.4. The van der Waals surface area contributed by atoms with Crippen molar-refractivity contribution in [3.63, 3.8) is 0 Å². The van der Waals surface area contributed by atoms with Gasteiger partial charge >= 0.3 is 11.9 Å². The number of amidine groups is 1. The molecule has 31 nitrogen and oxygen atoms in total. The number of likely N-dealkylation sites (tertiary alicyclic amines) is 4. The summed E-state index contributed by atoms with van der Waals surface area (Å²) in [6, 6.07) is 44.7. The number of hydrogen-bond acceptors (Lipinski definition) is 27. The van der Waals surface area contributed by atoms with E-state index < -0.39 is 76.9 Å². The van der Waals surface area contributed by atoms with Crippen LogP contribution in [0.15, 0.2) is 232 Å². The minimum Gasteiger partial charge on any atom is -0.507 e. The molecule has 0 radical (unpaired) electrons. The highest BCUT2D eigenvalue weighted by Gasteiger charge is 2.52. The molecule has 0 spiro atoms. The smallest absolute Gasteiger partial charge is 0.336 e. The zero-order chi connectivity index (χ0) is 94.0. The van der Waals surface area contributed by atoms with Gasteiger partial charge in [-0.1, -0.05) is 145 Å². The van der Waals surface area contributed by atoms with Crippen LogP contribution < -0.4 is 28.4 Å². The van der Waals surface area contributed by atoms with E-state index in [0.717, 1.165) is 56.0 Å². The third-order valence-electron chi connectivity index (χ3n) is 24.3. The molecule has 132 heavy (non-hydrogen) atoms. The fourth-order valence-electron chi connectivity index (χ4n) is 17.1. The summed E-state index contributed by atoms with van der Waals surface area (Å²) in [4.78, 5) is 134. The summed E-state index contributed by atoms with van der Waals surface area (Å²) in [6.07, 6.45) is 6.05. The van der Waals surface area contributed by atoms with E-state index in [1.165, 1.54) is 26.2 Å². The Balaban J connectivity index is 0.000000150. The SMILES string of the molecule is CCOC(=O)C1=C(C)N=C(N2C(=O)C(=O)/C(=C(/O)c3ccccc3)C2c2ccc(OC)cc2)C1.COc1ccc(C2/C(=C(\O)C3=CC=CC3)C(=O)C(=O)N2CCN2CCOCC2)cc1OC.COc1ccc(C2/C(=C(\O)c3ccc(C)cc3)C(=O)C(=O)N2CCN2CCOCC2)cc1.COc1ccc(C2/C(=C(\O)c3ccc(C)cc3)C(=O)C(=O)N2CCN2CCOCC2)cc1OC. The molecule has 8 heterocycles. The van der Waals surface area contributed by atoms with Gasteiger partial charge in [-0.05, 0) is 110 Å². The predicted molar refractivity (Wildman–Crippen MR) is 490 cm³/mol. The monoisotopic (exact) mass is 1800 g/mol. The Morgan fingerprint density at radius 3 is 1.13 bits per heavy atom. The van der Waals surface area contributed by atoms with Crippen molar-refractivity contribution < 1.29 is 111 Å². The Bertz CT molecular complexity index is 5720. The predicted octanol–water partition coefficient (Wildman–Crippen LogP) is 11.5. The highest BCUT2D eigenvalue weighted by Crippen LogP contribution is 2.47. The summed E-state index contributed by atoms with van der Waals surface area (Å²) in [5, 5.41) is 44.4. The molecule has 692 valence electrons. The number of aliphatic imine (C=N–C) groups is 1. The average molecular weight is 1800 g/mol. The standard InChI is InChI=1S/C26H30N2O6.C26H24N2O6.C25H28N2O5.C24H28N2O6/c1-17-4-6-18(7-5-17)24(29)22-23(19-8-9-20(32-2)21(16-19)33-3)28(26(31)25(22)30)11-10-27-12-14-34-15-13-27;1-4-34-26(32)19-14-20(27-15(19)2)28-22(16-10-12-18(33-3)13-11-16)21(24(30)25(28)31)23(29)17-8-6-5-7-9-17;1-17-3-5-19(6-4-17)23(28)21-22(18-7-9-20(31-2)10-8-18)27(25(30)24(21)29)12-11-26-13-15-32-16-14-26;1-30-18-8-7-17(15-19(18)31-2)21-20(22(27)16-5-3-4-6-16)23(28)24(29)26(21)10-9-25-11-13-32-14-12-25/h4-9,16,23,29H,10-15H2,1-3H3;5-13,22,29H,4,14H2,1-3H3;3-10,22,28H,11-16H2,1-2H3;3-5,7-8,15,21,27H,6,9-14H2,1-2H3/b24-22+;2*23-21+;22-20+. The molecule has 0 aromatic heterocycles. The van der Waals surface area contributed by atoms with E-state index in [9.17, 15) is 63.6 Å². The highest BCUT2D eigenvalue weighted by atomic mass is 16.5. The number of amides is 4. The number of hydrogen-bond donors (Lipinski definition) is 4. The Morgan fingerprint density at radius 2 is 0.758 bits per heavy atom. The van der Waals surface area contributed by atoms with E-state index >= 15 is 0 Å². The number of allylic oxidation sites excluding steroid dienone is 5. The zero-order valence-electron chi connectivity index (χ0n) is 75.6. The molecule has 1 aliphatic carbocycles. The van der Waals surface area contributed by atoms with Crippen molar-refractivity contribution in [3.8, 4) is 34.5 Å². The average Bonchev–Trinajstić information content (AvgIpc) is 1.59. The number of methoxy groups -OCH3 is 6. The molecular formula is C101H110N8O23. The Hall–Kier alpha value is -13.8. The van der Waals surface area contributed by atoms with Crippen LogP contribution in [0, 0.1) is 13.8 Å². The topological polar surface area (TPSA) is 362 Å².